The largest absolute Gasteiger partial charge is 0.497 e. The summed E-state index contributed by atoms with van der Waals surface area (Å²) in [5, 5.41) is 3.04. The van der Waals surface area contributed by atoms with Crippen LogP contribution in [0.4, 0.5) is 0 Å². The maximum Gasteiger partial charge on any atom is 0.237 e. The summed E-state index contributed by atoms with van der Waals surface area (Å²) in [6.07, 6.45) is 0. The maximum atomic E-state index is 12.6. The summed E-state index contributed by atoms with van der Waals surface area (Å²) in [7, 11) is 3.30. The van der Waals surface area contributed by atoms with E-state index in [0.29, 0.717) is 13.2 Å². The SMILES string of the molecule is COc1ccc(CNC(=O)[C@@H](C)N2CCN(CCOc3ccc(OC)cc3)CC2)cc1. The van der Waals surface area contributed by atoms with Crippen molar-refractivity contribution in [2.45, 2.75) is 19.5 Å². The Balaban J connectivity index is 1.34. The molecule has 3 rings (SSSR count). The molecule has 7 heteroatoms. The molecular weight excluding hydrogens is 394 g/mol. The summed E-state index contributed by atoms with van der Waals surface area (Å²) in [5.41, 5.74) is 1.06. The van der Waals surface area contributed by atoms with Gasteiger partial charge in [0.15, 0.2) is 0 Å². The second kappa shape index (κ2) is 11.6. The molecule has 31 heavy (non-hydrogen) atoms. The minimum Gasteiger partial charge on any atom is -0.497 e. The van der Waals surface area contributed by atoms with Crippen LogP contribution in [0.3, 0.4) is 0 Å². The Bertz CT molecular complexity index is 803. The summed E-state index contributed by atoms with van der Waals surface area (Å²) in [6, 6.07) is 15.2. The van der Waals surface area contributed by atoms with Crippen molar-refractivity contribution >= 4 is 5.91 Å². The monoisotopic (exact) mass is 427 g/mol. The number of nitrogens with one attached hydrogen (secondary N) is 1. The van der Waals surface area contributed by atoms with Crippen LogP contribution in [0.25, 0.3) is 0 Å². The molecule has 1 amide bonds. The molecule has 1 atom stereocenters. The molecule has 1 fully saturated rings. The zero-order valence-electron chi connectivity index (χ0n) is 18.7. The van der Waals surface area contributed by atoms with Gasteiger partial charge in [0, 0.05) is 39.3 Å². The standard InChI is InChI=1S/C24H33N3O4/c1-19(24(28)25-18-20-4-6-21(29-2)7-5-20)27-14-12-26(13-15-27)16-17-31-23-10-8-22(30-3)9-11-23/h4-11,19H,12-18H2,1-3H3,(H,25,28)/t19-/m1/s1. The molecule has 2 aromatic carbocycles. The molecule has 1 aliphatic heterocycles. The number of hydrogen-bond donors (Lipinski definition) is 1. The van der Waals surface area contributed by atoms with Gasteiger partial charge in [0.25, 0.3) is 0 Å². The fraction of sp³-hybridized carbons (Fsp3) is 0.458. The van der Waals surface area contributed by atoms with Crippen molar-refractivity contribution in [2.75, 3.05) is 53.6 Å². The second-order valence-electron chi connectivity index (χ2n) is 7.64. The summed E-state index contributed by atoms with van der Waals surface area (Å²) < 4.78 is 16.2. The van der Waals surface area contributed by atoms with E-state index in [9.17, 15) is 4.79 Å². The molecule has 0 radical (unpaired) electrons. The first kappa shape index (κ1) is 22.9. The highest BCUT2D eigenvalue weighted by atomic mass is 16.5. The van der Waals surface area contributed by atoms with Crippen molar-refractivity contribution in [1.29, 1.82) is 0 Å². The number of methoxy groups -OCH3 is 2. The summed E-state index contributed by atoms with van der Waals surface area (Å²) >= 11 is 0. The van der Waals surface area contributed by atoms with E-state index < -0.39 is 0 Å². The molecule has 0 unspecified atom stereocenters. The lowest BCUT2D eigenvalue weighted by Crippen LogP contribution is -2.54. The number of piperazine rings is 1. The molecule has 2 aromatic rings. The lowest BCUT2D eigenvalue weighted by molar-refractivity contribution is -0.126. The van der Waals surface area contributed by atoms with Gasteiger partial charge in [-0.15, -0.1) is 0 Å². The summed E-state index contributed by atoms with van der Waals surface area (Å²) in [5.74, 6) is 2.55. The second-order valence-corrected chi connectivity index (χ2v) is 7.64. The molecule has 7 nitrogen and oxygen atoms in total. The Morgan fingerprint density at radius 3 is 2.03 bits per heavy atom. The number of carbonyl (C=O) groups excluding carboxylic acids is 1. The van der Waals surface area contributed by atoms with Crippen LogP contribution >= 0.6 is 0 Å². The van der Waals surface area contributed by atoms with Gasteiger partial charge in [-0.1, -0.05) is 12.1 Å². The van der Waals surface area contributed by atoms with E-state index in [1.54, 1.807) is 14.2 Å². The Morgan fingerprint density at radius 1 is 0.903 bits per heavy atom. The molecular formula is C24H33N3O4. The molecule has 0 saturated carbocycles. The molecule has 1 N–H and O–H groups in total. The lowest BCUT2D eigenvalue weighted by Gasteiger charge is -2.37. The van der Waals surface area contributed by atoms with Crippen LogP contribution in [-0.4, -0.2) is 75.3 Å². The third kappa shape index (κ3) is 6.87. The average Bonchev–Trinajstić information content (AvgIpc) is 2.83. The van der Waals surface area contributed by atoms with Crippen LogP contribution in [0.15, 0.2) is 48.5 Å². The molecule has 1 saturated heterocycles. The van der Waals surface area contributed by atoms with Gasteiger partial charge in [-0.2, -0.15) is 0 Å². The van der Waals surface area contributed by atoms with E-state index in [1.165, 1.54) is 0 Å². The quantitative estimate of drug-likeness (QED) is 0.628. The normalized spacial score (nSPS) is 15.8. The highest BCUT2D eigenvalue weighted by Gasteiger charge is 2.25. The first-order chi connectivity index (χ1) is 15.1. The number of carbonyl (C=O) groups is 1. The molecule has 0 bridgehead atoms. The molecule has 168 valence electrons. The average molecular weight is 428 g/mol. The van der Waals surface area contributed by atoms with E-state index in [-0.39, 0.29) is 11.9 Å². The van der Waals surface area contributed by atoms with Gasteiger partial charge in [-0.3, -0.25) is 14.6 Å². The summed E-state index contributed by atoms with van der Waals surface area (Å²) in [6.45, 7) is 7.63. The third-order valence-electron chi connectivity index (χ3n) is 5.70. The van der Waals surface area contributed by atoms with Crippen LogP contribution in [-0.2, 0) is 11.3 Å². The molecule has 0 spiro atoms. The predicted molar refractivity (Wildman–Crippen MR) is 121 cm³/mol. The van der Waals surface area contributed by atoms with Crippen LogP contribution in [0.2, 0.25) is 0 Å². The Kier molecular flexibility index (Phi) is 8.55. The Labute approximate surface area is 184 Å². The van der Waals surface area contributed by atoms with E-state index in [0.717, 1.165) is 55.5 Å². The van der Waals surface area contributed by atoms with E-state index in [2.05, 4.69) is 15.1 Å². The molecule has 0 aromatic heterocycles. The first-order valence-electron chi connectivity index (χ1n) is 10.7. The zero-order chi connectivity index (χ0) is 22.1. The number of amides is 1. The zero-order valence-corrected chi connectivity index (χ0v) is 18.7. The summed E-state index contributed by atoms with van der Waals surface area (Å²) in [4.78, 5) is 17.2. The minimum atomic E-state index is -0.143. The van der Waals surface area contributed by atoms with Gasteiger partial charge in [-0.25, -0.2) is 0 Å². The molecule has 1 heterocycles. The van der Waals surface area contributed by atoms with Crippen molar-refractivity contribution in [3.8, 4) is 17.2 Å². The fourth-order valence-electron chi connectivity index (χ4n) is 3.58. The van der Waals surface area contributed by atoms with Crippen LogP contribution in [0, 0.1) is 0 Å². The highest BCUT2D eigenvalue weighted by molar-refractivity contribution is 5.81. The van der Waals surface area contributed by atoms with Gasteiger partial charge in [-0.05, 0) is 48.9 Å². The number of hydrogen-bond acceptors (Lipinski definition) is 6. The smallest absolute Gasteiger partial charge is 0.237 e. The van der Waals surface area contributed by atoms with Gasteiger partial charge < -0.3 is 19.5 Å². The van der Waals surface area contributed by atoms with Crippen molar-refractivity contribution in [3.05, 3.63) is 54.1 Å². The first-order valence-corrected chi connectivity index (χ1v) is 10.7. The van der Waals surface area contributed by atoms with Crippen molar-refractivity contribution in [3.63, 3.8) is 0 Å². The van der Waals surface area contributed by atoms with E-state index >= 15 is 0 Å². The number of rotatable bonds is 10. The number of benzene rings is 2. The minimum absolute atomic E-state index is 0.0621. The van der Waals surface area contributed by atoms with Crippen LogP contribution < -0.4 is 19.5 Å². The predicted octanol–water partition coefficient (Wildman–Crippen LogP) is 2.41. The van der Waals surface area contributed by atoms with Crippen molar-refractivity contribution in [1.82, 2.24) is 15.1 Å². The fourth-order valence-corrected chi connectivity index (χ4v) is 3.58. The number of ether oxygens (including phenoxy) is 3. The van der Waals surface area contributed by atoms with Gasteiger partial charge >= 0.3 is 0 Å². The van der Waals surface area contributed by atoms with Gasteiger partial charge in [0.05, 0.1) is 20.3 Å². The van der Waals surface area contributed by atoms with E-state index in [1.807, 2.05) is 55.5 Å². The van der Waals surface area contributed by atoms with Gasteiger partial charge in [0.1, 0.15) is 23.9 Å². The Hall–Kier alpha value is -2.77. The molecule has 1 aliphatic rings. The van der Waals surface area contributed by atoms with Crippen LogP contribution in [0.1, 0.15) is 12.5 Å². The van der Waals surface area contributed by atoms with Gasteiger partial charge in [0.2, 0.25) is 5.91 Å². The highest BCUT2D eigenvalue weighted by Crippen LogP contribution is 2.17. The lowest BCUT2D eigenvalue weighted by atomic mass is 10.2. The number of nitrogens with zero attached hydrogens (tertiary/aromatic N) is 2. The maximum absolute atomic E-state index is 12.6. The van der Waals surface area contributed by atoms with Crippen LogP contribution in [0.5, 0.6) is 17.2 Å². The van der Waals surface area contributed by atoms with Crippen molar-refractivity contribution in [2.24, 2.45) is 0 Å². The Morgan fingerprint density at radius 2 is 1.45 bits per heavy atom. The molecule has 0 aliphatic carbocycles. The van der Waals surface area contributed by atoms with E-state index in [4.69, 9.17) is 14.2 Å². The topological polar surface area (TPSA) is 63.3 Å². The third-order valence-corrected chi connectivity index (χ3v) is 5.70. The van der Waals surface area contributed by atoms with Crippen molar-refractivity contribution < 1.29 is 19.0 Å².